The van der Waals surface area contributed by atoms with E-state index in [0.29, 0.717) is 4.90 Å². The highest BCUT2D eigenvalue weighted by atomic mass is 32.2. The summed E-state index contributed by atoms with van der Waals surface area (Å²) in [5.41, 5.74) is 0.329. The molecule has 9 nitrogen and oxygen atoms in total. The monoisotopic (exact) mass is 612 g/mol. The molecule has 1 saturated heterocycles. The summed E-state index contributed by atoms with van der Waals surface area (Å²) in [6, 6.07) is 31.4. The first-order chi connectivity index (χ1) is 21.3. The Morgan fingerprint density at radius 1 is 0.591 bits per heavy atom. The normalized spacial score (nSPS) is 21.1. The lowest BCUT2D eigenvalue weighted by Crippen LogP contribution is -2.62. The number of carbonyl (C=O) groups excluding carboxylic acids is 3. The van der Waals surface area contributed by atoms with Gasteiger partial charge in [0.1, 0.15) is 5.44 Å². The summed E-state index contributed by atoms with van der Waals surface area (Å²) >= 11 is 1.09. The summed E-state index contributed by atoms with van der Waals surface area (Å²) < 4.78 is 23.6. The van der Waals surface area contributed by atoms with Crippen LogP contribution in [0.2, 0.25) is 0 Å². The van der Waals surface area contributed by atoms with Gasteiger partial charge in [-0.2, -0.15) is 0 Å². The molecule has 0 radical (unpaired) electrons. The van der Waals surface area contributed by atoms with E-state index in [4.69, 9.17) is 18.9 Å². The quantitative estimate of drug-likeness (QED) is 0.189. The van der Waals surface area contributed by atoms with Gasteiger partial charge in [-0.25, -0.2) is 19.2 Å². The minimum absolute atomic E-state index is 0.138. The third-order valence-electron chi connectivity index (χ3n) is 6.77. The molecule has 5 rings (SSSR count). The Morgan fingerprint density at radius 3 is 1.43 bits per heavy atom. The highest BCUT2D eigenvalue weighted by Gasteiger charge is 2.55. The summed E-state index contributed by atoms with van der Waals surface area (Å²) in [5, 5.41) is 10.3. The van der Waals surface area contributed by atoms with Crippen LogP contribution in [0.15, 0.2) is 120 Å². The second-order valence-corrected chi connectivity index (χ2v) is 11.1. The lowest BCUT2D eigenvalue weighted by atomic mass is 9.98. The lowest BCUT2D eigenvalue weighted by Gasteiger charge is -2.43. The molecule has 1 aliphatic rings. The molecule has 0 aliphatic carbocycles. The number of carboxylic acids is 1. The molecule has 5 atom stereocenters. The number of carboxylic acid groups (broad SMARTS) is 1. The number of benzene rings is 4. The van der Waals surface area contributed by atoms with E-state index in [2.05, 4.69) is 0 Å². The number of thioether (sulfide) groups is 1. The second-order valence-electron chi connectivity index (χ2n) is 9.90. The summed E-state index contributed by atoms with van der Waals surface area (Å²) in [4.78, 5) is 53.3. The van der Waals surface area contributed by atoms with E-state index in [9.17, 15) is 24.3 Å². The third-order valence-corrected chi connectivity index (χ3v) is 7.93. The van der Waals surface area contributed by atoms with Crippen molar-refractivity contribution in [3.8, 4) is 0 Å². The summed E-state index contributed by atoms with van der Waals surface area (Å²) in [6.07, 6.45) is -6.42. The smallest absolute Gasteiger partial charge is 0.338 e. The molecule has 224 valence electrons. The van der Waals surface area contributed by atoms with Gasteiger partial charge in [0, 0.05) is 4.90 Å². The summed E-state index contributed by atoms with van der Waals surface area (Å²) in [5.74, 6) is -3.93. The second kappa shape index (κ2) is 14.0. The molecule has 0 saturated carbocycles. The van der Waals surface area contributed by atoms with Crippen LogP contribution in [-0.4, -0.2) is 58.8 Å². The molecule has 0 bridgehead atoms. The van der Waals surface area contributed by atoms with Crippen LogP contribution >= 0.6 is 11.8 Å². The fourth-order valence-electron chi connectivity index (χ4n) is 4.54. The SMILES string of the molecule is Cc1ccc(S[C@@H]2O[C@H](C(=O)O)[C@@H](OC(=O)c3ccccc3)[C@H](OC(=O)c3ccccc3)[C@H]2OC(=O)c2ccccc2)cc1. The molecule has 1 heterocycles. The van der Waals surface area contributed by atoms with Crippen LogP contribution in [0.5, 0.6) is 0 Å². The highest BCUT2D eigenvalue weighted by Crippen LogP contribution is 2.38. The Morgan fingerprint density at radius 2 is 1.00 bits per heavy atom. The van der Waals surface area contributed by atoms with E-state index in [-0.39, 0.29) is 16.7 Å². The van der Waals surface area contributed by atoms with Gasteiger partial charge in [0.05, 0.1) is 16.7 Å². The number of hydrogen-bond donors (Lipinski definition) is 1. The zero-order valence-electron chi connectivity index (χ0n) is 23.5. The standard InChI is InChI=1S/C34H28O9S/c1-21-17-19-25(20-18-21)44-34-29(42-33(39)24-15-9-4-10-16-24)27(41-32(38)23-13-7-3-8-14-23)26(28(43-34)30(35)36)40-31(37)22-11-5-2-6-12-22/h2-20,26-29,34H,1H3,(H,35,36)/t26-,27-,28-,29+,34-/m0/s1. The van der Waals surface area contributed by atoms with E-state index in [1.165, 1.54) is 24.3 Å². The van der Waals surface area contributed by atoms with Gasteiger partial charge >= 0.3 is 23.9 Å². The minimum atomic E-state index is -1.77. The Balaban J connectivity index is 1.57. The number of ether oxygens (including phenoxy) is 4. The van der Waals surface area contributed by atoms with E-state index < -0.39 is 53.7 Å². The molecule has 0 unspecified atom stereocenters. The largest absolute Gasteiger partial charge is 0.479 e. The molecular formula is C34H28O9S. The van der Waals surface area contributed by atoms with Crippen molar-refractivity contribution in [3.05, 3.63) is 138 Å². The Kier molecular flexibility index (Phi) is 9.73. The molecule has 44 heavy (non-hydrogen) atoms. The average Bonchev–Trinajstić information content (AvgIpc) is 3.05. The Labute approximate surface area is 257 Å². The molecule has 4 aromatic carbocycles. The zero-order chi connectivity index (χ0) is 31.1. The van der Waals surface area contributed by atoms with Crippen molar-refractivity contribution in [1.29, 1.82) is 0 Å². The Bertz CT molecular complexity index is 1590. The average molecular weight is 613 g/mol. The van der Waals surface area contributed by atoms with E-state index in [1.807, 2.05) is 31.2 Å². The number of aliphatic carboxylic acids is 1. The van der Waals surface area contributed by atoms with Crippen molar-refractivity contribution in [1.82, 2.24) is 0 Å². The van der Waals surface area contributed by atoms with Crippen molar-refractivity contribution >= 4 is 35.6 Å². The van der Waals surface area contributed by atoms with Crippen LogP contribution in [-0.2, 0) is 23.7 Å². The van der Waals surface area contributed by atoms with Crippen LogP contribution < -0.4 is 0 Å². The van der Waals surface area contributed by atoms with Gasteiger partial charge in [-0.1, -0.05) is 84.1 Å². The van der Waals surface area contributed by atoms with E-state index in [0.717, 1.165) is 17.3 Å². The number of carbonyl (C=O) groups is 4. The summed E-state index contributed by atoms with van der Waals surface area (Å²) in [7, 11) is 0. The maximum Gasteiger partial charge on any atom is 0.338 e. The third kappa shape index (κ3) is 7.34. The van der Waals surface area contributed by atoms with E-state index in [1.54, 1.807) is 66.7 Å². The van der Waals surface area contributed by atoms with Gasteiger partial charge in [-0.15, -0.1) is 0 Å². The van der Waals surface area contributed by atoms with Gasteiger partial charge in [0.15, 0.2) is 24.4 Å². The first-order valence-electron chi connectivity index (χ1n) is 13.7. The maximum atomic E-state index is 13.4. The predicted octanol–water partition coefficient (Wildman–Crippen LogP) is 5.57. The molecular weight excluding hydrogens is 584 g/mol. The van der Waals surface area contributed by atoms with Gasteiger partial charge in [0.2, 0.25) is 0 Å². The van der Waals surface area contributed by atoms with Crippen molar-refractivity contribution in [2.24, 2.45) is 0 Å². The fourth-order valence-corrected chi connectivity index (χ4v) is 5.62. The maximum absolute atomic E-state index is 13.4. The highest BCUT2D eigenvalue weighted by molar-refractivity contribution is 7.99. The fraction of sp³-hybridized carbons (Fsp3) is 0.176. The molecule has 4 aromatic rings. The first-order valence-corrected chi connectivity index (χ1v) is 14.6. The molecule has 1 N–H and O–H groups in total. The molecule has 1 aliphatic heterocycles. The Hall–Kier alpha value is -4.93. The summed E-state index contributed by atoms with van der Waals surface area (Å²) in [6.45, 7) is 1.92. The lowest BCUT2D eigenvalue weighted by molar-refractivity contribution is -0.210. The van der Waals surface area contributed by atoms with Crippen LogP contribution in [0.1, 0.15) is 36.6 Å². The molecule has 1 fully saturated rings. The van der Waals surface area contributed by atoms with Crippen LogP contribution in [0.4, 0.5) is 0 Å². The van der Waals surface area contributed by atoms with Crippen molar-refractivity contribution < 1.29 is 43.2 Å². The van der Waals surface area contributed by atoms with Gasteiger partial charge < -0.3 is 24.1 Å². The number of aryl methyl sites for hydroxylation is 1. The zero-order valence-corrected chi connectivity index (χ0v) is 24.3. The van der Waals surface area contributed by atoms with Crippen LogP contribution in [0.3, 0.4) is 0 Å². The molecule has 10 heteroatoms. The van der Waals surface area contributed by atoms with Crippen molar-refractivity contribution in [2.75, 3.05) is 0 Å². The minimum Gasteiger partial charge on any atom is -0.479 e. The van der Waals surface area contributed by atoms with E-state index >= 15 is 0 Å². The molecule has 0 spiro atoms. The van der Waals surface area contributed by atoms with Gasteiger partial charge in [0.25, 0.3) is 0 Å². The molecule has 0 amide bonds. The van der Waals surface area contributed by atoms with Gasteiger partial charge in [-0.05, 0) is 55.5 Å². The number of hydrogen-bond acceptors (Lipinski definition) is 9. The number of esters is 3. The van der Waals surface area contributed by atoms with Crippen molar-refractivity contribution in [2.45, 2.75) is 41.7 Å². The first kappa shape index (κ1) is 30.5. The van der Waals surface area contributed by atoms with Crippen LogP contribution in [0.25, 0.3) is 0 Å². The van der Waals surface area contributed by atoms with Crippen molar-refractivity contribution in [3.63, 3.8) is 0 Å². The van der Waals surface area contributed by atoms with Crippen LogP contribution in [0, 0.1) is 6.92 Å². The number of rotatable bonds is 9. The predicted molar refractivity (Wildman–Crippen MR) is 160 cm³/mol. The van der Waals surface area contributed by atoms with Gasteiger partial charge in [-0.3, -0.25) is 0 Å². The topological polar surface area (TPSA) is 125 Å². The molecule has 0 aromatic heterocycles.